The molecular weight excluding hydrogens is 228 g/mol. The quantitative estimate of drug-likeness (QED) is 0.729. The van der Waals surface area contributed by atoms with Crippen LogP contribution in [0.3, 0.4) is 0 Å². The van der Waals surface area contributed by atoms with Crippen molar-refractivity contribution in [3.8, 4) is 0 Å². The zero-order valence-corrected chi connectivity index (χ0v) is 10.2. The summed E-state index contributed by atoms with van der Waals surface area (Å²) in [7, 11) is 0. The molecule has 0 atom stereocenters. The van der Waals surface area contributed by atoms with Crippen molar-refractivity contribution in [2.24, 2.45) is 0 Å². The third kappa shape index (κ3) is 1.62. The van der Waals surface area contributed by atoms with Crippen LogP contribution in [0, 0.1) is 0 Å². The van der Waals surface area contributed by atoms with Crippen molar-refractivity contribution in [2.75, 3.05) is 19.6 Å². The molecule has 2 aliphatic rings. The first-order valence-electron chi connectivity index (χ1n) is 5.55. The van der Waals surface area contributed by atoms with E-state index >= 15 is 0 Å². The number of fused-ring (bicyclic) bond motifs is 2. The van der Waals surface area contributed by atoms with E-state index in [9.17, 15) is 0 Å². The molecule has 3 rings (SSSR count). The van der Waals surface area contributed by atoms with Crippen molar-refractivity contribution in [3.05, 3.63) is 20.8 Å². The van der Waals surface area contributed by atoms with Gasteiger partial charge in [0, 0.05) is 17.0 Å². The van der Waals surface area contributed by atoms with Gasteiger partial charge < -0.3 is 10.6 Å². The van der Waals surface area contributed by atoms with Crippen molar-refractivity contribution in [1.29, 1.82) is 0 Å². The fourth-order valence-corrected chi connectivity index (χ4v) is 4.17. The first-order valence-corrected chi connectivity index (χ1v) is 6.74. The van der Waals surface area contributed by atoms with Gasteiger partial charge >= 0.3 is 0 Å². The largest absolute Gasteiger partial charge is 0.317 e. The molecule has 1 saturated heterocycles. The van der Waals surface area contributed by atoms with Gasteiger partial charge in [-0.3, -0.25) is 0 Å². The van der Waals surface area contributed by atoms with Crippen molar-refractivity contribution in [3.63, 3.8) is 0 Å². The molecule has 2 N–H and O–H groups in total. The molecule has 0 unspecified atom stereocenters. The molecule has 0 amide bonds. The highest BCUT2D eigenvalue weighted by Crippen LogP contribution is 2.41. The summed E-state index contributed by atoms with van der Waals surface area (Å²) in [5.41, 5.74) is 1.70. The summed E-state index contributed by atoms with van der Waals surface area (Å²) >= 11 is 7.89. The number of rotatable bonds is 0. The Bertz CT molecular complexity index is 369. The van der Waals surface area contributed by atoms with Gasteiger partial charge in [0.1, 0.15) is 0 Å². The van der Waals surface area contributed by atoms with Crippen LogP contribution >= 0.6 is 22.9 Å². The molecule has 0 saturated carbocycles. The van der Waals surface area contributed by atoms with Crippen LogP contribution in [0.25, 0.3) is 0 Å². The van der Waals surface area contributed by atoms with Crippen LogP contribution in [0.15, 0.2) is 6.07 Å². The van der Waals surface area contributed by atoms with Crippen LogP contribution in [0.1, 0.15) is 23.3 Å². The maximum absolute atomic E-state index is 6.13. The van der Waals surface area contributed by atoms with E-state index in [1.54, 1.807) is 11.3 Å². The first kappa shape index (κ1) is 10.1. The van der Waals surface area contributed by atoms with Gasteiger partial charge in [-0.1, -0.05) is 11.6 Å². The van der Waals surface area contributed by atoms with Crippen molar-refractivity contribution < 1.29 is 0 Å². The Kier molecular flexibility index (Phi) is 2.51. The topological polar surface area (TPSA) is 24.1 Å². The van der Waals surface area contributed by atoms with Gasteiger partial charge in [0.2, 0.25) is 0 Å². The summed E-state index contributed by atoms with van der Waals surface area (Å²) in [5.74, 6) is 0. The summed E-state index contributed by atoms with van der Waals surface area (Å²) in [6.45, 7) is 3.32. The van der Waals surface area contributed by atoms with Crippen LogP contribution < -0.4 is 10.6 Å². The molecule has 3 heterocycles. The maximum atomic E-state index is 6.13. The van der Waals surface area contributed by atoms with Crippen LogP contribution in [-0.4, -0.2) is 19.6 Å². The summed E-state index contributed by atoms with van der Waals surface area (Å²) in [6, 6.07) is 2.18. The number of hydrogen-bond acceptors (Lipinski definition) is 3. The summed E-state index contributed by atoms with van der Waals surface area (Å²) < 4.78 is 0.946. The van der Waals surface area contributed by atoms with Gasteiger partial charge in [-0.15, -0.1) is 11.3 Å². The van der Waals surface area contributed by atoms with E-state index in [4.69, 9.17) is 11.6 Å². The van der Waals surface area contributed by atoms with E-state index in [0.29, 0.717) is 0 Å². The van der Waals surface area contributed by atoms with Gasteiger partial charge in [0.05, 0.1) is 4.34 Å². The minimum absolute atomic E-state index is 0.225. The van der Waals surface area contributed by atoms with E-state index in [1.807, 2.05) is 0 Å². The molecular formula is C11H15ClN2S. The summed E-state index contributed by atoms with van der Waals surface area (Å²) in [5, 5.41) is 7.14. The Morgan fingerprint density at radius 1 is 1.27 bits per heavy atom. The standard InChI is InChI=1S/C11H15ClN2S/c12-10-7-8-9(15-10)1-4-14-11(8)2-5-13-6-3-11/h7,13-14H,1-6H2. The molecule has 15 heavy (non-hydrogen) atoms. The second-order valence-corrected chi connectivity index (χ2v) is 6.16. The first-order chi connectivity index (χ1) is 7.30. The molecule has 0 aliphatic carbocycles. The van der Waals surface area contributed by atoms with Gasteiger partial charge in [0.15, 0.2) is 0 Å². The van der Waals surface area contributed by atoms with E-state index in [2.05, 4.69) is 16.7 Å². The lowest BCUT2D eigenvalue weighted by Gasteiger charge is -2.41. The highest BCUT2D eigenvalue weighted by molar-refractivity contribution is 7.16. The van der Waals surface area contributed by atoms with Gasteiger partial charge in [-0.2, -0.15) is 0 Å². The fourth-order valence-electron chi connectivity index (χ4n) is 2.80. The highest BCUT2D eigenvalue weighted by Gasteiger charge is 2.38. The second-order valence-electron chi connectivity index (χ2n) is 4.40. The number of thiophene rings is 1. The Hall–Kier alpha value is -0.0900. The average molecular weight is 243 g/mol. The van der Waals surface area contributed by atoms with Gasteiger partial charge in [-0.25, -0.2) is 0 Å². The monoisotopic (exact) mass is 242 g/mol. The maximum Gasteiger partial charge on any atom is 0.0934 e. The molecule has 1 aromatic rings. The van der Waals surface area contributed by atoms with E-state index in [0.717, 1.165) is 30.4 Å². The molecule has 0 bridgehead atoms. The van der Waals surface area contributed by atoms with E-state index in [1.165, 1.54) is 23.3 Å². The molecule has 4 heteroatoms. The molecule has 0 aromatic carbocycles. The Morgan fingerprint density at radius 2 is 2.07 bits per heavy atom. The third-order valence-corrected chi connectivity index (χ3v) is 4.89. The molecule has 1 spiro atoms. The lowest BCUT2D eigenvalue weighted by Crippen LogP contribution is -2.52. The highest BCUT2D eigenvalue weighted by atomic mass is 35.5. The Balaban J connectivity index is 2.03. The predicted octanol–water partition coefficient (Wildman–Crippen LogP) is 2.13. The van der Waals surface area contributed by atoms with Crippen LogP contribution in [0.2, 0.25) is 4.34 Å². The minimum Gasteiger partial charge on any atom is -0.317 e. The smallest absolute Gasteiger partial charge is 0.0934 e. The van der Waals surface area contributed by atoms with E-state index < -0.39 is 0 Å². The molecule has 2 aliphatic heterocycles. The Morgan fingerprint density at radius 3 is 2.87 bits per heavy atom. The molecule has 82 valence electrons. The minimum atomic E-state index is 0.225. The van der Waals surface area contributed by atoms with Crippen molar-refractivity contribution in [1.82, 2.24) is 10.6 Å². The van der Waals surface area contributed by atoms with Gasteiger partial charge in [-0.05, 0) is 44.0 Å². The third-order valence-electron chi connectivity index (χ3n) is 3.57. The summed E-state index contributed by atoms with van der Waals surface area (Å²) in [4.78, 5) is 1.50. The zero-order valence-electron chi connectivity index (χ0n) is 8.61. The summed E-state index contributed by atoms with van der Waals surface area (Å²) in [6.07, 6.45) is 3.52. The van der Waals surface area contributed by atoms with Crippen molar-refractivity contribution >= 4 is 22.9 Å². The Labute approximate surface area is 99.0 Å². The predicted molar refractivity (Wildman–Crippen MR) is 64.8 cm³/mol. The fraction of sp³-hybridized carbons (Fsp3) is 0.636. The molecule has 2 nitrogen and oxygen atoms in total. The zero-order chi connectivity index (χ0) is 10.3. The lowest BCUT2D eigenvalue weighted by atomic mass is 9.79. The van der Waals surface area contributed by atoms with Crippen LogP contribution in [0.5, 0.6) is 0 Å². The number of halogens is 1. The van der Waals surface area contributed by atoms with Crippen LogP contribution in [-0.2, 0) is 12.0 Å². The van der Waals surface area contributed by atoms with Crippen molar-refractivity contribution in [2.45, 2.75) is 24.8 Å². The molecule has 0 radical (unpaired) electrons. The molecule has 1 fully saturated rings. The number of hydrogen-bond donors (Lipinski definition) is 2. The number of nitrogens with one attached hydrogen (secondary N) is 2. The number of piperidine rings is 1. The van der Waals surface area contributed by atoms with Crippen LogP contribution in [0.4, 0.5) is 0 Å². The SMILES string of the molecule is Clc1cc2c(s1)CCNC21CCNCC1. The lowest BCUT2D eigenvalue weighted by molar-refractivity contribution is 0.236. The second kappa shape index (κ2) is 3.74. The molecule has 1 aromatic heterocycles. The van der Waals surface area contributed by atoms with Gasteiger partial charge in [0.25, 0.3) is 0 Å². The van der Waals surface area contributed by atoms with E-state index in [-0.39, 0.29) is 5.54 Å². The normalized spacial score (nSPS) is 24.1. The average Bonchev–Trinajstić information content (AvgIpc) is 2.62.